The molecule has 2 aliphatic rings. The van der Waals surface area contributed by atoms with E-state index in [0.717, 1.165) is 45.0 Å². The van der Waals surface area contributed by atoms with Gasteiger partial charge in [0, 0.05) is 38.3 Å². The van der Waals surface area contributed by atoms with Crippen molar-refractivity contribution in [2.75, 3.05) is 45.9 Å². The van der Waals surface area contributed by atoms with E-state index in [4.69, 9.17) is 4.74 Å². The molecule has 3 N–H and O–H groups in total. The van der Waals surface area contributed by atoms with E-state index in [1.807, 2.05) is 37.3 Å². The second-order valence-electron chi connectivity index (χ2n) is 8.20. The maximum atomic E-state index is 12.2. The average molecular weight is 543 g/mol. The first-order chi connectivity index (χ1) is 14.7. The van der Waals surface area contributed by atoms with Gasteiger partial charge in [-0.1, -0.05) is 49.6 Å². The number of guanidine groups is 1. The van der Waals surface area contributed by atoms with Crippen LogP contribution in [0.1, 0.15) is 44.6 Å². The van der Waals surface area contributed by atoms with Crippen LogP contribution in [0.15, 0.2) is 35.3 Å². The quantitative estimate of drug-likeness (QED) is 0.267. The molecule has 31 heavy (non-hydrogen) atoms. The predicted octanol–water partition coefficient (Wildman–Crippen LogP) is 2.51. The van der Waals surface area contributed by atoms with Crippen LogP contribution in [-0.2, 0) is 16.1 Å². The third-order valence-electron chi connectivity index (χ3n) is 6.11. The number of hydrogen-bond donors (Lipinski definition) is 3. The molecule has 0 bridgehead atoms. The van der Waals surface area contributed by atoms with Gasteiger partial charge in [-0.05, 0) is 25.3 Å². The van der Waals surface area contributed by atoms with Crippen molar-refractivity contribution in [2.24, 2.45) is 4.99 Å². The fourth-order valence-corrected chi connectivity index (χ4v) is 4.45. The molecule has 0 radical (unpaired) electrons. The van der Waals surface area contributed by atoms with Crippen LogP contribution in [0.4, 0.5) is 0 Å². The number of morpholine rings is 1. The normalized spacial score (nSPS) is 19.2. The molecular weight excluding hydrogens is 505 g/mol. The van der Waals surface area contributed by atoms with Crippen LogP contribution in [0.25, 0.3) is 0 Å². The van der Waals surface area contributed by atoms with E-state index < -0.39 is 0 Å². The number of rotatable bonds is 8. The number of amides is 1. The fourth-order valence-electron chi connectivity index (χ4n) is 4.45. The molecule has 1 aliphatic carbocycles. The number of aliphatic imine (C=N–C) groups is 1. The third-order valence-corrected chi connectivity index (χ3v) is 6.11. The van der Waals surface area contributed by atoms with E-state index in [1.54, 1.807) is 0 Å². The van der Waals surface area contributed by atoms with Gasteiger partial charge in [-0.2, -0.15) is 0 Å². The summed E-state index contributed by atoms with van der Waals surface area (Å²) in [5.74, 6) is 0.641. The highest BCUT2D eigenvalue weighted by atomic mass is 127. The summed E-state index contributed by atoms with van der Waals surface area (Å²) in [5, 5.41) is 9.76. The minimum absolute atomic E-state index is 0. The van der Waals surface area contributed by atoms with Crippen LogP contribution in [0.3, 0.4) is 0 Å². The molecule has 7 nitrogen and oxygen atoms in total. The SMILES string of the molecule is CCNC(=NCC(=O)NCc1ccccc1)NCC1(N2CCOCC2)CCCCC1.I. The van der Waals surface area contributed by atoms with E-state index >= 15 is 0 Å². The lowest BCUT2D eigenvalue weighted by molar-refractivity contribution is -0.119. The minimum Gasteiger partial charge on any atom is -0.379 e. The lowest BCUT2D eigenvalue weighted by Crippen LogP contribution is -2.60. The van der Waals surface area contributed by atoms with Crippen LogP contribution in [0.5, 0.6) is 0 Å². The van der Waals surface area contributed by atoms with Crippen LogP contribution in [0.2, 0.25) is 0 Å². The van der Waals surface area contributed by atoms with Crippen molar-refractivity contribution in [1.29, 1.82) is 0 Å². The summed E-state index contributed by atoms with van der Waals surface area (Å²) < 4.78 is 5.58. The first-order valence-electron chi connectivity index (χ1n) is 11.4. The van der Waals surface area contributed by atoms with Crippen LogP contribution in [0, 0.1) is 0 Å². The molecule has 1 saturated heterocycles. The van der Waals surface area contributed by atoms with Crippen LogP contribution >= 0.6 is 24.0 Å². The molecule has 0 spiro atoms. The highest BCUT2D eigenvalue weighted by molar-refractivity contribution is 14.0. The molecule has 0 aromatic heterocycles. The zero-order chi connectivity index (χ0) is 21.1. The van der Waals surface area contributed by atoms with Crippen molar-refractivity contribution in [2.45, 2.75) is 51.1 Å². The highest BCUT2D eigenvalue weighted by Crippen LogP contribution is 2.33. The van der Waals surface area contributed by atoms with Crippen molar-refractivity contribution in [3.63, 3.8) is 0 Å². The molecule has 0 unspecified atom stereocenters. The Labute approximate surface area is 203 Å². The van der Waals surface area contributed by atoms with Crippen molar-refractivity contribution in [3.05, 3.63) is 35.9 Å². The summed E-state index contributed by atoms with van der Waals surface area (Å²) in [7, 11) is 0. The minimum atomic E-state index is -0.0726. The Morgan fingerprint density at radius 1 is 1.06 bits per heavy atom. The van der Waals surface area contributed by atoms with Crippen molar-refractivity contribution >= 4 is 35.8 Å². The van der Waals surface area contributed by atoms with Gasteiger partial charge >= 0.3 is 0 Å². The van der Waals surface area contributed by atoms with Gasteiger partial charge in [-0.15, -0.1) is 24.0 Å². The van der Waals surface area contributed by atoms with Gasteiger partial charge in [0.1, 0.15) is 6.54 Å². The topological polar surface area (TPSA) is 78.0 Å². The zero-order valence-corrected chi connectivity index (χ0v) is 21.0. The van der Waals surface area contributed by atoms with Gasteiger partial charge in [0.25, 0.3) is 0 Å². The molecule has 8 heteroatoms. The Hall–Kier alpha value is -1.39. The lowest BCUT2D eigenvalue weighted by atomic mass is 9.80. The smallest absolute Gasteiger partial charge is 0.242 e. The van der Waals surface area contributed by atoms with Crippen molar-refractivity contribution < 1.29 is 9.53 Å². The molecule has 174 valence electrons. The van der Waals surface area contributed by atoms with Crippen LogP contribution < -0.4 is 16.0 Å². The summed E-state index contributed by atoms with van der Waals surface area (Å²) in [5.41, 5.74) is 1.25. The van der Waals surface area contributed by atoms with Gasteiger partial charge in [0.05, 0.1) is 13.2 Å². The summed E-state index contributed by atoms with van der Waals surface area (Å²) in [6.07, 6.45) is 6.28. The van der Waals surface area contributed by atoms with Gasteiger partial charge < -0.3 is 20.7 Å². The number of halogens is 1. The molecule has 1 saturated carbocycles. The maximum absolute atomic E-state index is 12.2. The monoisotopic (exact) mass is 543 g/mol. The number of benzene rings is 1. The Kier molecular flexibility index (Phi) is 11.6. The molecule has 0 atom stereocenters. The summed E-state index contributed by atoms with van der Waals surface area (Å²) in [4.78, 5) is 19.4. The molecular formula is C23H38IN5O2. The summed E-state index contributed by atoms with van der Waals surface area (Å²) in [6, 6.07) is 9.93. The molecule has 1 aromatic carbocycles. The molecule has 3 rings (SSSR count). The number of hydrogen-bond acceptors (Lipinski definition) is 4. The second-order valence-corrected chi connectivity index (χ2v) is 8.20. The van der Waals surface area contributed by atoms with E-state index in [0.29, 0.717) is 12.5 Å². The third kappa shape index (κ3) is 8.23. The van der Waals surface area contributed by atoms with Crippen LogP contribution in [-0.4, -0.2) is 68.2 Å². The lowest BCUT2D eigenvalue weighted by Gasteiger charge is -2.48. The summed E-state index contributed by atoms with van der Waals surface area (Å²) in [6.45, 7) is 7.94. The standard InChI is InChI=1S/C23H37N5O2.HI/c1-2-24-22(26-18-21(29)25-17-20-9-5-3-6-10-20)27-19-23(11-7-4-8-12-23)28-13-15-30-16-14-28;/h3,5-6,9-10H,2,4,7-8,11-19H2,1H3,(H,25,29)(H2,24,26,27);1H. The second kappa shape index (κ2) is 13.9. The van der Waals surface area contributed by atoms with E-state index in [-0.39, 0.29) is 42.0 Å². The maximum Gasteiger partial charge on any atom is 0.242 e. The molecule has 1 amide bonds. The van der Waals surface area contributed by atoms with Gasteiger partial charge in [0.2, 0.25) is 5.91 Å². The van der Waals surface area contributed by atoms with Crippen molar-refractivity contribution in [1.82, 2.24) is 20.9 Å². The van der Waals surface area contributed by atoms with Gasteiger partial charge in [0.15, 0.2) is 5.96 Å². The number of ether oxygens (including phenoxy) is 1. The summed E-state index contributed by atoms with van der Waals surface area (Å²) >= 11 is 0. The number of nitrogens with zero attached hydrogens (tertiary/aromatic N) is 2. The highest BCUT2D eigenvalue weighted by Gasteiger charge is 2.38. The Balaban J connectivity index is 0.00000341. The Bertz CT molecular complexity index is 674. The van der Waals surface area contributed by atoms with Gasteiger partial charge in [-0.25, -0.2) is 4.99 Å². The fraction of sp³-hybridized carbons (Fsp3) is 0.652. The first-order valence-corrected chi connectivity index (χ1v) is 11.4. The average Bonchev–Trinajstić information content (AvgIpc) is 2.81. The Morgan fingerprint density at radius 3 is 2.45 bits per heavy atom. The van der Waals surface area contributed by atoms with E-state index in [9.17, 15) is 4.79 Å². The van der Waals surface area contributed by atoms with E-state index in [1.165, 1.54) is 32.1 Å². The Morgan fingerprint density at radius 2 is 1.77 bits per heavy atom. The largest absolute Gasteiger partial charge is 0.379 e. The number of carbonyl (C=O) groups is 1. The first kappa shape index (κ1) is 25.9. The van der Waals surface area contributed by atoms with E-state index in [2.05, 4.69) is 25.8 Å². The molecule has 1 aliphatic heterocycles. The number of nitrogens with one attached hydrogen (secondary N) is 3. The number of carbonyl (C=O) groups excluding carboxylic acids is 1. The van der Waals surface area contributed by atoms with Gasteiger partial charge in [-0.3, -0.25) is 9.69 Å². The molecule has 2 fully saturated rings. The zero-order valence-electron chi connectivity index (χ0n) is 18.7. The predicted molar refractivity (Wildman–Crippen MR) is 136 cm³/mol. The molecule has 1 heterocycles. The van der Waals surface area contributed by atoms with Crippen molar-refractivity contribution in [3.8, 4) is 0 Å². The molecule has 1 aromatic rings.